The zero-order valence-corrected chi connectivity index (χ0v) is 12.8. The Kier molecular flexibility index (Phi) is 5.45. The van der Waals surface area contributed by atoms with E-state index in [1.807, 2.05) is 0 Å². The lowest BCUT2D eigenvalue weighted by atomic mass is 9.80. The van der Waals surface area contributed by atoms with Crippen LogP contribution in [0.5, 0.6) is 0 Å². The van der Waals surface area contributed by atoms with Gasteiger partial charge in [-0.2, -0.15) is 0 Å². The van der Waals surface area contributed by atoms with E-state index in [1.165, 1.54) is 61.8 Å². The van der Waals surface area contributed by atoms with Crippen LogP contribution in [0.4, 0.5) is 0 Å². The lowest BCUT2D eigenvalue weighted by molar-refractivity contribution is 0.261. The molecule has 1 aromatic rings. The van der Waals surface area contributed by atoms with Crippen LogP contribution >= 0.6 is 0 Å². The molecular formula is C18H29N. The van der Waals surface area contributed by atoms with Gasteiger partial charge in [-0.15, -0.1) is 0 Å². The van der Waals surface area contributed by atoms with E-state index >= 15 is 0 Å². The molecule has 2 rings (SSSR count). The second-order valence-corrected chi connectivity index (χ2v) is 6.23. The van der Waals surface area contributed by atoms with Crippen LogP contribution < -0.4 is 5.32 Å². The topological polar surface area (TPSA) is 12.0 Å². The van der Waals surface area contributed by atoms with Crippen molar-refractivity contribution in [2.45, 2.75) is 65.3 Å². The van der Waals surface area contributed by atoms with Gasteiger partial charge in [0.1, 0.15) is 0 Å². The molecule has 0 spiro atoms. The third-order valence-corrected chi connectivity index (χ3v) is 4.63. The molecule has 0 amide bonds. The highest BCUT2D eigenvalue weighted by Gasteiger charge is 2.24. The maximum absolute atomic E-state index is 3.77. The van der Waals surface area contributed by atoms with Crippen molar-refractivity contribution >= 4 is 0 Å². The van der Waals surface area contributed by atoms with E-state index in [2.05, 4.69) is 44.3 Å². The summed E-state index contributed by atoms with van der Waals surface area (Å²) >= 11 is 0. The van der Waals surface area contributed by atoms with Crippen molar-refractivity contribution in [2.75, 3.05) is 6.54 Å². The van der Waals surface area contributed by atoms with Crippen LogP contribution in [0.2, 0.25) is 0 Å². The van der Waals surface area contributed by atoms with E-state index < -0.39 is 0 Å². The molecule has 1 aromatic carbocycles. The molecule has 1 aliphatic carbocycles. The summed E-state index contributed by atoms with van der Waals surface area (Å²) in [5.41, 5.74) is 4.37. The fourth-order valence-electron chi connectivity index (χ4n) is 3.28. The van der Waals surface area contributed by atoms with Crippen LogP contribution in [0.3, 0.4) is 0 Å². The lowest BCUT2D eigenvalue weighted by Crippen LogP contribution is -2.39. The van der Waals surface area contributed by atoms with Crippen molar-refractivity contribution in [1.82, 2.24) is 5.32 Å². The number of rotatable bonds is 5. The van der Waals surface area contributed by atoms with E-state index in [0.717, 1.165) is 12.0 Å². The van der Waals surface area contributed by atoms with E-state index in [4.69, 9.17) is 0 Å². The summed E-state index contributed by atoms with van der Waals surface area (Å²) in [7, 11) is 0. The molecule has 1 N–H and O–H groups in total. The average molecular weight is 259 g/mol. The van der Waals surface area contributed by atoms with Gasteiger partial charge in [-0.25, -0.2) is 0 Å². The summed E-state index contributed by atoms with van der Waals surface area (Å²) in [4.78, 5) is 0. The number of nitrogens with one attached hydrogen (secondary N) is 1. The third-order valence-electron chi connectivity index (χ3n) is 4.63. The highest BCUT2D eigenvalue weighted by atomic mass is 14.9. The molecular weight excluding hydrogens is 230 g/mol. The minimum Gasteiger partial charge on any atom is -0.314 e. The first-order valence-corrected chi connectivity index (χ1v) is 8.00. The summed E-state index contributed by atoms with van der Waals surface area (Å²) in [5, 5.41) is 3.77. The molecule has 0 heterocycles. The van der Waals surface area contributed by atoms with Crippen LogP contribution in [0.15, 0.2) is 18.2 Å². The smallest absolute Gasteiger partial charge is 0.00984 e. The molecule has 0 aromatic heterocycles. The van der Waals surface area contributed by atoms with Crippen LogP contribution in [-0.2, 0) is 6.42 Å². The van der Waals surface area contributed by atoms with Gasteiger partial charge in [-0.3, -0.25) is 0 Å². The Hall–Kier alpha value is -0.820. The van der Waals surface area contributed by atoms with Crippen molar-refractivity contribution in [2.24, 2.45) is 5.92 Å². The molecule has 0 saturated heterocycles. The van der Waals surface area contributed by atoms with Gasteiger partial charge in [0.25, 0.3) is 0 Å². The SMILES string of the molecule is CCCNC1CCCCC1Cc1ccc(C)c(C)c1. The first-order valence-electron chi connectivity index (χ1n) is 8.00. The van der Waals surface area contributed by atoms with Gasteiger partial charge in [-0.05, 0) is 68.7 Å². The van der Waals surface area contributed by atoms with Gasteiger partial charge in [0.2, 0.25) is 0 Å². The van der Waals surface area contributed by atoms with Crippen molar-refractivity contribution in [3.05, 3.63) is 34.9 Å². The highest BCUT2D eigenvalue weighted by Crippen LogP contribution is 2.28. The molecule has 2 unspecified atom stereocenters. The van der Waals surface area contributed by atoms with Gasteiger partial charge in [0.15, 0.2) is 0 Å². The van der Waals surface area contributed by atoms with Crippen molar-refractivity contribution in [3.8, 4) is 0 Å². The van der Waals surface area contributed by atoms with E-state index in [1.54, 1.807) is 0 Å². The van der Waals surface area contributed by atoms with Gasteiger partial charge < -0.3 is 5.32 Å². The zero-order valence-electron chi connectivity index (χ0n) is 12.8. The Bertz CT molecular complexity index is 397. The third kappa shape index (κ3) is 4.07. The average Bonchev–Trinajstić information content (AvgIpc) is 2.42. The van der Waals surface area contributed by atoms with E-state index in [9.17, 15) is 0 Å². The second-order valence-electron chi connectivity index (χ2n) is 6.23. The summed E-state index contributed by atoms with van der Waals surface area (Å²) in [6.07, 6.45) is 8.09. The standard InChI is InChI=1S/C18H29N/c1-4-11-19-18-8-6-5-7-17(18)13-16-10-9-14(2)15(3)12-16/h9-10,12,17-19H,4-8,11,13H2,1-3H3. The molecule has 1 aliphatic rings. The van der Waals surface area contributed by atoms with E-state index in [0.29, 0.717) is 0 Å². The molecule has 1 saturated carbocycles. The molecule has 19 heavy (non-hydrogen) atoms. The van der Waals surface area contributed by atoms with Crippen LogP contribution in [0.25, 0.3) is 0 Å². The Labute approximate surface area is 118 Å². The Morgan fingerprint density at radius 1 is 1.11 bits per heavy atom. The zero-order chi connectivity index (χ0) is 13.7. The van der Waals surface area contributed by atoms with Crippen molar-refractivity contribution < 1.29 is 0 Å². The Balaban J connectivity index is 1.99. The number of hydrogen-bond acceptors (Lipinski definition) is 1. The Morgan fingerprint density at radius 3 is 2.63 bits per heavy atom. The van der Waals surface area contributed by atoms with Gasteiger partial charge in [-0.1, -0.05) is 38.0 Å². The molecule has 1 nitrogen and oxygen atoms in total. The van der Waals surface area contributed by atoms with Gasteiger partial charge in [0.05, 0.1) is 0 Å². The minimum atomic E-state index is 0.746. The largest absolute Gasteiger partial charge is 0.314 e. The predicted octanol–water partition coefficient (Wildman–Crippen LogP) is 4.40. The normalized spacial score (nSPS) is 23.5. The first kappa shape index (κ1) is 14.6. The molecule has 106 valence electrons. The van der Waals surface area contributed by atoms with Crippen molar-refractivity contribution in [1.29, 1.82) is 0 Å². The summed E-state index contributed by atoms with van der Waals surface area (Å²) in [6.45, 7) is 7.86. The number of benzene rings is 1. The van der Waals surface area contributed by atoms with Gasteiger partial charge >= 0.3 is 0 Å². The molecule has 0 aliphatic heterocycles. The molecule has 2 atom stereocenters. The predicted molar refractivity (Wildman–Crippen MR) is 83.7 cm³/mol. The monoisotopic (exact) mass is 259 g/mol. The lowest BCUT2D eigenvalue weighted by Gasteiger charge is -2.32. The van der Waals surface area contributed by atoms with Crippen LogP contribution in [0, 0.1) is 19.8 Å². The Morgan fingerprint density at radius 2 is 1.89 bits per heavy atom. The summed E-state index contributed by atoms with van der Waals surface area (Å²) < 4.78 is 0. The van der Waals surface area contributed by atoms with E-state index in [-0.39, 0.29) is 0 Å². The quantitative estimate of drug-likeness (QED) is 0.826. The fourth-order valence-corrected chi connectivity index (χ4v) is 3.28. The molecule has 1 heteroatoms. The molecule has 0 radical (unpaired) electrons. The second kappa shape index (κ2) is 7.09. The maximum atomic E-state index is 3.77. The minimum absolute atomic E-state index is 0.746. The first-order chi connectivity index (χ1) is 9.20. The fraction of sp³-hybridized carbons (Fsp3) is 0.667. The highest BCUT2D eigenvalue weighted by molar-refractivity contribution is 5.30. The van der Waals surface area contributed by atoms with Crippen molar-refractivity contribution in [3.63, 3.8) is 0 Å². The maximum Gasteiger partial charge on any atom is 0.00984 e. The summed E-state index contributed by atoms with van der Waals surface area (Å²) in [5.74, 6) is 0.836. The van der Waals surface area contributed by atoms with Crippen LogP contribution in [-0.4, -0.2) is 12.6 Å². The molecule has 1 fully saturated rings. The van der Waals surface area contributed by atoms with Gasteiger partial charge in [0, 0.05) is 6.04 Å². The molecule has 0 bridgehead atoms. The van der Waals surface area contributed by atoms with Crippen LogP contribution in [0.1, 0.15) is 55.7 Å². The number of hydrogen-bond donors (Lipinski definition) is 1. The number of aryl methyl sites for hydroxylation is 2. The summed E-state index contributed by atoms with van der Waals surface area (Å²) in [6, 6.07) is 7.74.